The number of rotatable bonds is 7. The van der Waals surface area contributed by atoms with Crippen molar-refractivity contribution < 1.29 is 23.9 Å². The minimum absolute atomic E-state index is 0.223. The van der Waals surface area contributed by atoms with Crippen LogP contribution in [-0.4, -0.2) is 24.6 Å². The molecule has 2 amide bonds. The molecule has 2 N–H and O–H groups in total. The van der Waals surface area contributed by atoms with E-state index in [1.807, 2.05) is 0 Å². The van der Waals surface area contributed by atoms with Crippen LogP contribution in [0.25, 0.3) is 0 Å². The van der Waals surface area contributed by atoms with Gasteiger partial charge in [-0.2, -0.15) is 0 Å². The Balaban J connectivity index is 1.87. The van der Waals surface area contributed by atoms with Crippen LogP contribution >= 0.6 is 0 Å². The normalized spacial score (nSPS) is 9.81. The van der Waals surface area contributed by atoms with Gasteiger partial charge in [-0.1, -0.05) is 18.7 Å². The number of amides is 2. The summed E-state index contributed by atoms with van der Waals surface area (Å²) in [4.78, 5) is 34.7. The Morgan fingerprint density at radius 3 is 2.30 bits per heavy atom. The van der Waals surface area contributed by atoms with Crippen LogP contribution in [0.5, 0.6) is 5.75 Å². The van der Waals surface area contributed by atoms with Crippen molar-refractivity contribution in [3.05, 3.63) is 72.3 Å². The molecule has 0 saturated heterocycles. The molecule has 0 spiro atoms. The van der Waals surface area contributed by atoms with Crippen LogP contribution in [-0.2, 0) is 16.1 Å². The lowest BCUT2D eigenvalue weighted by Crippen LogP contribution is -2.22. The largest absolute Gasteiger partial charge is 0.513 e. The van der Waals surface area contributed by atoms with Crippen molar-refractivity contribution in [1.82, 2.24) is 5.32 Å². The molecule has 27 heavy (non-hydrogen) atoms. The number of carbonyl (C=O) groups excluding carboxylic acids is 3. The SMILES string of the molecule is C=CC(=O)Nc1ccc(CNC(=O)c2ccc(OC(=O)OCC)cc2)cc1. The quantitative estimate of drug-likeness (QED) is 0.444. The fourth-order valence-electron chi connectivity index (χ4n) is 2.10. The maximum atomic E-state index is 12.2. The number of anilines is 1. The van der Waals surface area contributed by atoms with Gasteiger partial charge in [0.2, 0.25) is 5.91 Å². The van der Waals surface area contributed by atoms with E-state index < -0.39 is 6.16 Å². The molecule has 0 saturated carbocycles. The monoisotopic (exact) mass is 368 g/mol. The van der Waals surface area contributed by atoms with Crippen LogP contribution in [0.4, 0.5) is 10.5 Å². The van der Waals surface area contributed by atoms with Crippen molar-refractivity contribution in [3.63, 3.8) is 0 Å². The first-order valence-electron chi connectivity index (χ1n) is 8.27. The molecule has 0 atom stereocenters. The predicted octanol–water partition coefficient (Wildman–Crippen LogP) is 3.28. The maximum Gasteiger partial charge on any atom is 0.513 e. The summed E-state index contributed by atoms with van der Waals surface area (Å²) in [6.45, 7) is 5.62. The van der Waals surface area contributed by atoms with Crippen molar-refractivity contribution in [2.75, 3.05) is 11.9 Å². The van der Waals surface area contributed by atoms with Crippen molar-refractivity contribution in [1.29, 1.82) is 0 Å². The molecule has 7 heteroatoms. The zero-order chi connectivity index (χ0) is 19.6. The summed E-state index contributed by atoms with van der Waals surface area (Å²) in [6.07, 6.45) is 0.402. The third-order valence-electron chi connectivity index (χ3n) is 3.44. The van der Waals surface area contributed by atoms with E-state index in [1.165, 1.54) is 18.2 Å². The summed E-state index contributed by atoms with van der Waals surface area (Å²) in [5, 5.41) is 5.44. The average Bonchev–Trinajstić information content (AvgIpc) is 2.68. The van der Waals surface area contributed by atoms with Gasteiger partial charge in [0.15, 0.2) is 0 Å². The third kappa shape index (κ3) is 6.32. The van der Waals surface area contributed by atoms with Gasteiger partial charge in [0.1, 0.15) is 5.75 Å². The van der Waals surface area contributed by atoms with E-state index in [9.17, 15) is 14.4 Å². The molecular weight excluding hydrogens is 348 g/mol. The molecule has 0 aromatic heterocycles. The zero-order valence-corrected chi connectivity index (χ0v) is 14.9. The van der Waals surface area contributed by atoms with E-state index >= 15 is 0 Å². The number of nitrogens with one attached hydrogen (secondary N) is 2. The van der Waals surface area contributed by atoms with Gasteiger partial charge in [0.05, 0.1) is 6.61 Å². The van der Waals surface area contributed by atoms with Gasteiger partial charge >= 0.3 is 6.16 Å². The number of benzene rings is 2. The molecule has 0 aliphatic heterocycles. The van der Waals surface area contributed by atoms with Crippen LogP contribution in [0.3, 0.4) is 0 Å². The van der Waals surface area contributed by atoms with Crippen molar-refractivity contribution in [2.24, 2.45) is 0 Å². The van der Waals surface area contributed by atoms with Gasteiger partial charge in [0.25, 0.3) is 5.91 Å². The molecule has 2 aromatic rings. The molecule has 0 aliphatic rings. The van der Waals surface area contributed by atoms with Gasteiger partial charge in [-0.25, -0.2) is 4.79 Å². The Kier molecular flexibility index (Phi) is 7.13. The summed E-state index contributed by atoms with van der Waals surface area (Å²) < 4.78 is 9.62. The second-order valence-electron chi connectivity index (χ2n) is 5.38. The molecule has 140 valence electrons. The van der Waals surface area contributed by atoms with Crippen LogP contribution in [0, 0.1) is 0 Å². The molecule has 0 radical (unpaired) electrons. The summed E-state index contributed by atoms with van der Waals surface area (Å²) in [7, 11) is 0. The number of ether oxygens (including phenoxy) is 2. The Bertz CT molecular complexity index is 813. The molecular formula is C20H20N2O5. The first kappa shape index (κ1) is 19.7. The highest BCUT2D eigenvalue weighted by Crippen LogP contribution is 2.14. The van der Waals surface area contributed by atoms with E-state index in [4.69, 9.17) is 4.74 Å². The van der Waals surface area contributed by atoms with E-state index in [-0.39, 0.29) is 18.4 Å². The molecule has 0 aliphatic carbocycles. The number of hydrogen-bond donors (Lipinski definition) is 2. The Hall–Kier alpha value is -3.61. The Morgan fingerprint density at radius 2 is 1.70 bits per heavy atom. The van der Waals surface area contributed by atoms with Gasteiger partial charge in [-0.05, 0) is 55.0 Å². The summed E-state index contributed by atoms with van der Waals surface area (Å²) in [5.41, 5.74) is 1.95. The summed E-state index contributed by atoms with van der Waals surface area (Å²) >= 11 is 0. The predicted molar refractivity (Wildman–Crippen MR) is 101 cm³/mol. The molecule has 0 heterocycles. The topological polar surface area (TPSA) is 93.7 Å². The van der Waals surface area contributed by atoms with E-state index in [2.05, 4.69) is 21.9 Å². The minimum Gasteiger partial charge on any atom is -0.434 e. The van der Waals surface area contributed by atoms with Gasteiger partial charge < -0.3 is 20.1 Å². The lowest BCUT2D eigenvalue weighted by atomic mass is 10.1. The van der Waals surface area contributed by atoms with Crippen LogP contribution < -0.4 is 15.4 Å². The van der Waals surface area contributed by atoms with Crippen LogP contribution in [0.2, 0.25) is 0 Å². The van der Waals surface area contributed by atoms with E-state index in [1.54, 1.807) is 43.3 Å². The van der Waals surface area contributed by atoms with Gasteiger partial charge in [0, 0.05) is 17.8 Å². The minimum atomic E-state index is -0.789. The number of hydrogen-bond acceptors (Lipinski definition) is 5. The second kappa shape index (κ2) is 9.76. The molecule has 2 rings (SSSR count). The van der Waals surface area contributed by atoms with E-state index in [0.29, 0.717) is 23.5 Å². The first-order chi connectivity index (χ1) is 13.0. The standard InChI is InChI=1S/C20H20N2O5/c1-3-18(23)22-16-9-5-14(6-10-16)13-21-19(24)15-7-11-17(12-8-15)27-20(25)26-4-2/h3,5-12H,1,4,13H2,2H3,(H,21,24)(H,22,23). The van der Waals surface area contributed by atoms with Crippen molar-refractivity contribution in [2.45, 2.75) is 13.5 Å². The molecule has 0 unspecified atom stereocenters. The van der Waals surface area contributed by atoms with Crippen LogP contribution in [0.15, 0.2) is 61.2 Å². The highest BCUT2D eigenvalue weighted by atomic mass is 16.7. The van der Waals surface area contributed by atoms with Gasteiger partial charge in [-0.15, -0.1) is 0 Å². The fourth-order valence-corrected chi connectivity index (χ4v) is 2.10. The van der Waals surface area contributed by atoms with Gasteiger partial charge in [-0.3, -0.25) is 9.59 Å². The fraction of sp³-hybridized carbons (Fsp3) is 0.150. The van der Waals surface area contributed by atoms with Crippen molar-refractivity contribution >= 4 is 23.7 Å². The third-order valence-corrected chi connectivity index (χ3v) is 3.44. The Morgan fingerprint density at radius 1 is 1.04 bits per heavy atom. The smallest absolute Gasteiger partial charge is 0.434 e. The summed E-state index contributed by atoms with van der Waals surface area (Å²) in [5.74, 6) is -0.254. The lowest BCUT2D eigenvalue weighted by molar-refractivity contribution is -0.111. The molecule has 0 bridgehead atoms. The van der Waals surface area contributed by atoms with Crippen molar-refractivity contribution in [3.8, 4) is 5.75 Å². The molecule has 7 nitrogen and oxygen atoms in total. The maximum absolute atomic E-state index is 12.2. The first-order valence-corrected chi connectivity index (χ1v) is 8.27. The highest BCUT2D eigenvalue weighted by molar-refractivity contribution is 5.98. The Labute approximate surface area is 157 Å². The molecule has 0 fully saturated rings. The second-order valence-corrected chi connectivity index (χ2v) is 5.38. The molecule has 2 aromatic carbocycles. The lowest BCUT2D eigenvalue weighted by Gasteiger charge is -2.08. The number of carbonyl (C=O) groups is 3. The average molecular weight is 368 g/mol. The van der Waals surface area contributed by atoms with Crippen LogP contribution in [0.1, 0.15) is 22.8 Å². The summed E-state index contributed by atoms with van der Waals surface area (Å²) in [6, 6.07) is 13.2. The zero-order valence-electron chi connectivity index (χ0n) is 14.9. The highest BCUT2D eigenvalue weighted by Gasteiger charge is 2.08. The van der Waals surface area contributed by atoms with E-state index in [0.717, 1.165) is 5.56 Å².